The molecule has 0 amide bonds. The zero-order valence-electron chi connectivity index (χ0n) is 9.71. The van der Waals surface area contributed by atoms with E-state index in [9.17, 15) is 0 Å². The third-order valence-electron chi connectivity index (χ3n) is 3.58. The van der Waals surface area contributed by atoms with Crippen LogP contribution in [0.4, 0.5) is 0 Å². The third-order valence-corrected chi connectivity index (χ3v) is 3.58. The van der Waals surface area contributed by atoms with Crippen molar-refractivity contribution in [3.63, 3.8) is 0 Å². The molecule has 1 nitrogen and oxygen atoms in total. The summed E-state index contributed by atoms with van der Waals surface area (Å²) in [6.45, 7) is 3.38. The summed E-state index contributed by atoms with van der Waals surface area (Å²) in [5.74, 6) is 0. The molecule has 1 fully saturated rings. The molecule has 0 spiro atoms. The smallest absolute Gasteiger partial charge is 0.102 e. The van der Waals surface area contributed by atoms with E-state index in [0.717, 1.165) is 12.6 Å². The molecule has 2 rings (SSSR count). The number of quaternary nitrogens is 1. The largest absolute Gasteiger partial charge is 0.340 e. The highest BCUT2D eigenvalue weighted by molar-refractivity contribution is 5.24. The lowest BCUT2D eigenvalue weighted by Gasteiger charge is -2.20. The van der Waals surface area contributed by atoms with E-state index in [0.29, 0.717) is 0 Å². The molecule has 0 radical (unpaired) electrons. The Kier molecular flexibility index (Phi) is 3.79. The van der Waals surface area contributed by atoms with Gasteiger partial charge in [0.25, 0.3) is 0 Å². The Labute approximate surface area is 92.9 Å². The molecule has 0 unspecified atom stereocenters. The number of nitrogens with two attached hydrogens (primary N) is 1. The topological polar surface area (TPSA) is 16.6 Å². The first kappa shape index (κ1) is 10.7. The van der Waals surface area contributed by atoms with Gasteiger partial charge in [-0.25, -0.2) is 0 Å². The van der Waals surface area contributed by atoms with Gasteiger partial charge < -0.3 is 5.32 Å². The van der Waals surface area contributed by atoms with Crippen molar-refractivity contribution in [1.29, 1.82) is 0 Å². The molecule has 0 saturated heterocycles. The minimum Gasteiger partial charge on any atom is -0.340 e. The first-order chi connectivity index (χ1) is 7.36. The summed E-state index contributed by atoms with van der Waals surface area (Å²) in [4.78, 5) is 0. The third kappa shape index (κ3) is 3.07. The van der Waals surface area contributed by atoms with Gasteiger partial charge in [0.15, 0.2) is 0 Å². The van der Waals surface area contributed by atoms with Gasteiger partial charge in [0.1, 0.15) is 6.54 Å². The van der Waals surface area contributed by atoms with Gasteiger partial charge in [-0.2, -0.15) is 0 Å². The SMILES string of the molecule is Cc1ccccc1C[NH2+]C1CCCCC1. The van der Waals surface area contributed by atoms with Gasteiger partial charge in [-0.05, 0) is 38.2 Å². The average Bonchev–Trinajstić information content (AvgIpc) is 2.29. The van der Waals surface area contributed by atoms with Crippen LogP contribution in [-0.2, 0) is 6.54 Å². The van der Waals surface area contributed by atoms with Gasteiger partial charge in [0, 0.05) is 5.56 Å². The maximum absolute atomic E-state index is 2.54. The lowest BCUT2D eigenvalue weighted by Crippen LogP contribution is -2.88. The molecular weight excluding hydrogens is 182 g/mol. The van der Waals surface area contributed by atoms with Gasteiger partial charge in [-0.1, -0.05) is 30.7 Å². The van der Waals surface area contributed by atoms with Crippen LogP contribution in [0, 0.1) is 6.92 Å². The maximum atomic E-state index is 2.54. The predicted octanol–water partition coefficient (Wildman–Crippen LogP) is 2.39. The van der Waals surface area contributed by atoms with E-state index in [1.807, 2.05) is 0 Å². The van der Waals surface area contributed by atoms with E-state index in [2.05, 4.69) is 36.5 Å². The van der Waals surface area contributed by atoms with Gasteiger partial charge in [-0.3, -0.25) is 0 Å². The maximum Gasteiger partial charge on any atom is 0.102 e. The number of hydrogen-bond donors (Lipinski definition) is 1. The van der Waals surface area contributed by atoms with Crippen LogP contribution in [0.25, 0.3) is 0 Å². The van der Waals surface area contributed by atoms with Gasteiger partial charge in [0.2, 0.25) is 0 Å². The van der Waals surface area contributed by atoms with Crippen LogP contribution < -0.4 is 5.32 Å². The quantitative estimate of drug-likeness (QED) is 0.778. The Morgan fingerprint density at radius 2 is 1.87 bits per heavy atom. The first-order valence-corrected chi connectivity index (χ1v) is 6.24. The van der Waals surface area contributed by atoms with Crippen molar-refractivity contribution in [2.75, 3.05) is 0 Å². The van der Waals surface area contributed by atoms with Crippen molar-refractivity contribution in [2.45, 2.75) is 51.6 Å². The molecule has 1 aromatic carbocycles. The highest BCUT2D eigenvalue weighted by Crippen LogP contribution is 2.15. The zero-order valence-corrected chi connectivity index (χ0v) is 9.71. The molecular formula is C14H22N+. The summed E-state index contributed by atoms with van der Waals surface area (Å²) < 4.78 is 0. The van der Waals surface area contributed by atoms with Crippen molar-refractivity contribution in [1.82, 2.24) is 0 Å². The van der Waals surface area contributed by atoms with Crippen LogP contribution in [0.15, 0.2) is 24.3 Å². The first-order valence-electron chi connectivity index (χ1n) is 6.24. The summed E-state index contributed by atoms with van der Waals surface area (Å²) in [5, 5.41) is 2.54. The van der Waals surface area contributed by atoms with E-state index in [1.165, 1.54) is 43.2 Å². The van der Waals surface area contributed by atoms with E-state index < -0.39 is 0 Å². The summed E-state index contributed by atoms with van der Waals surface area (Å²) in [5.41, 5.74) is 2.94. The predicted molar refractivity (Wildman–Crippen MR) is 63.7 cm³/mol. The molecule has 82 valence electrons. The normalized spacial score (nSPS) is 17.9. The molecule has 0 aliphatic heterocycles. The van der Waals surface area contributed by atoms with Crippen molar-refractivity contribution >= 4 is 0 Å². The molecule has 15 heavy (non-hydrogen) atoms. The van der Waals surface area contributed by atoms with Crippen molar-refractivity contribution in [3.05, 3.63) is 35.4 Å². The summed E-state index contributed by atoms with van der Waals surface area (Å²) in [6, 6.07) is 9.63. The summed E-state index contributed by atoms with van der Waals surface area (Å²) in [7, 11) is 0. The lowest BCUT2D eigenvalue weighted by atomic mass is 9.95. The van der Waals surface area contributed by atoms with Gasteiger partial charge in [0.05, 0.1) is 6.04 Å². The average molecular weight is 204 g/mol. The molecule has 1 saturated carbocycles. The van der Waals surface area contributed by atoms with Crippen molar-refractivity contribution in [2.24, 2.45) is 0 Å². The van der Waals surface area contributed by atoms with Gasteiger partial charge in [-0.15, -0.1) is 0 Å². The second-order valence-electron chi connectivity index (χ2n) is 4.76. The van der Waals surface area contributed by atoms with Gasteiger partial charge >= 0.3 is 0 Å². The van der Waals surface area contributed by atoms with Crippen LogP contribution in [0.2, 0.25) is 0 Å². The number of rotatable bonds is 3. The minimum absolute atomic E-state index is 0.887. The molecule has 0 atom stereocenters. The van der Waals surface area contributed by atoms with E-state index in [-0.39, 0.29) is 0 Å². The zero-order chi connectivity index (χ0) is 10.5. The molecule has 1 aliphatic carbocycles. The number of benzene rings is 1. The molecule has 1 heteroatoms. The monoisotopic (exact) mass is 204 g/mol. The molecule has 1 aromatic rings. The van der Waals surface area contributed by atoms with Crippen molar-refractivity contribution < 1.29 is 5.32 Å². The highest BCUT2D eigenvalue weighted by atomic mass is 14.9. The fraction of sp³-hybridized carbons (Fsp3) is 0.571. The minimum atomic E-state index is 0.887. The van der Waals surface area contributed by atoms with Crippen LogP contribution in [0.1, 0.15) is 43.2 Å². The molecule has 0 heterocycles. The number of aryl methyl sites for hydroxylation is 1. The molecule has 2 N–H and O–H groups in total. The fourth-order valence-electron chi connectivity index (χ4n) is 2.50. The summed E-state index contributed by atoms with van der Waals surface area (Å²) >= 11 is 0. The Bertz CT molecular complexity index is 300. The second kappa shape index (κ2) is 5.32. The highest BCUT2D eigenvalue weighted by Gasteiger charge is 2.15. The molecule has 0 bridgehead atoms. The molecule has 1 aliphatic rings. The summed E-state index contributed by atoms with van der Waals surface area (Å²) in [6.07, 6.45) is 7.18. The van der Waals surface area contributed by atoms with Crippen molar-refractivity contribution in [3.8, 4) is 0 Å². The Morgan fingerprint density at radius 1 is 1.13 bits per heavy atom. The Balaban J connectivity index is 1.84. The Hall–Kier alpha value is -0.820. The van der Waals surface area contributed by atoms with Crippen LogP contribution >= 0.6 is 0 Å². The van der Waals surface area contributed by atoms with E-state index in [1.54, 1.807) is 0 Å². The standard InChI is InChI=1S/C14H21N/c1-12-7-5-6-8-13(12)11-15-14-9-3-2-4-10-14/h5-8,14-15H,2-4,9-11H2,1H3/p+1. The lowest BCUT2D eigenvalue weighted by molar-refractivity contribution is -0.706. The van der Waals surface area contributed by atoms with E-state index >= 15 is 0 Å². The van der Waals surface area contributed by atoms with E-state index in [4.69, 9.17) is 0 Å². The van der Waals surface area contributed by atoms with Crippen LogP contribution in [0.3, 0.4) is 0 Å². The van der Waals surface area contributed by atoms with Crippen LogP contribution in [-0.4, -0.2) is 6.04 Å². The number of hydrogen-bond acceptors (Lipinski definition) is 0. The fourth-order valence-corrected chi connectivity index (χ4v) is 2.50. The second-order valence-corrected chi connectivity index (χ2v) is 4.76. The molecule has 0 aromatic heterocycles. The van der Waals surface area contributed by atoms with Crippen LogP contribution in [0.5, 0.6) is 0 Å². The Morgan fingerprint density at radius 3 is 2.60 bits per heavy atom.